The zero-order valence-electron chi connectivity index (χ0n) is 12.9. The van der Waals surface area contributed by atoms with Crippen molar-refractivity contribution in [2.24, 2.45) is 0 Å². The summed E-state index contributed by atoms with van der Waals surface area (Å²) < 4.78 is 0. The van der Waals surface area contributed by atoms with Crippen LogP contribution in [-0.4, -0.2) is 29.0 Å². The molecule has 1 heterocycles. The second kappa shape index (κ2) is 6.13. The van der Waals surface area contributed by atoms with Gasteiger partial charge < -0.3 is 10.2 Å². The number of benzene rings is 1. The predicted octanol–water partition coefficient (Wildman–Crippen LogP) is 2.31. The minimum atomic E-state index is -0.109. The van der Waals surface area contributed by atoms with E-state index in [-0.39, 0.29) is 5.91 Å². The molecule has 0 atom stereocenters. The minimum absolute atomic E-state index is 0.109. The van der Waals surface area contributed by atoms with Crippen LogP contribution in [0.15, 0.2) is 36.4 Å². The highest BCUT2D eigenvalue weighted by molar-refractivity contribution is 5.93. The van der Waals surface area contributed by atoms with Gasteiger partial charge in [-0.3, -0.25) is 4.79 Å². The van der Waals surface area contributed by atoms with Gasteiger partial charge in [0.05, 0.1) is 0 Å². The highest BCUT2D eigenvalue weighted by Gasteiger charge is 2.24. The van der Waals surface area contributed by atoms with Crippen LogP contribution < -0.4 is 10.2 Å². The molecule has 0 saturated heterocycles. The van der Waals surface area contributed by atoms with E-state index in [9.17, 15) is 4.79 Å². The van der Waals surface area contributed by atoms with Crippen LogP contribution in [0, 0.1) is 6.92 Å². The topological polar surface area (TPSA) is 58.1 Å². The van der Waals surface area contributed by atoms with Crippen LogP contribution in [0.3, 0.4) is 0 Å². The Morgan fingerprint density at radius 3 is 2.68 bits per heavy atom. The number of hydrogen-bond acceptors (Lipinski definition) is 4. The third-order valence-electron chi connectivity index (χ3n) is 3.59. The van der Waals surface area contributed by atoms with Crippen LogP contribution in [0.1, 0.15) is 34.6 Å². The SMILES string of the molecule is Cc1cc(C(=O)NC2CC2)nc(N(C)Cc2ccccc2)n1. The van der Waals surface area contributed by atoms with Gasteiger partial charge in [0.1, 0.15) is 5.69 Å². The lowest BCUT2D eigenvalue weighted by Crippen LogP contribution is -2.28. The third kappa shape index (κ3) is 3.61. The number of rotatable bonds is 5. The Labute approximate surface area is 130 Å². The maximum absolute atomic E-state index is 12.2. The maximum Gasteiger partial charge on any atom is 0.270 e. The third-order valence-corrected chi connectivity index (χ3v) is 3.59. The quantitative estimate of drug-likeness (QED) is 0.920. The zero-order valence-corrected chi connectivity index (χ0v) is 12.9. The first-order chi connectivity index (χ1) is 10.6. The lowest BCUT2D eigenvalue weighted by molar-refractivity contribution is 0.0946. The van der Waals surface area contributed by atoms with Crippen molar-refractivity contribution in [1.29, 1.82) is 0 Å². The first-order valence-corrected chi connectivity index (χ1v) is 7.53. The molecule has 1 aliphatic carbocycles. The highest BCUT2D eigenvalue weighted by atomic mass is 16.2. The molecule has 5 heteroatoms. The van der Waals surface area contributed by atoms with E-state index in [4.69, 9.17) is 0 Å². The monoisotopic (exact) mass is 296 g/mol. The van der Waals surface area contributed by atoms with Gasteiger partial charge in [-0.1, -0.05) is 30.3 Å². The molecule has 114 valence electrons. The van der Waals surface area contributed by atoms with Gasteiger partial charge in [0.15, 0.2) is 0 Å². The molecule has 1 aliphatic rings. The average molecular weight is 296 g/mol. The summed E-state index contributed by atoms with van der Waals surface area (Å²) in [5, 5.41) is 2.97. The molecule has 0 aliphatic heterocycles. The van der Waals surface area contributed by atoms with Gasteiger partial charge in [0.2, 0.25) is 5.95 Å². The second-order valence-electron chi connectivity index (χ2n) is 5.78. The van der Waals surface area contributed by atoms with Crippen LogP contribution in [0.2, 0.25) is 0 Å². The van der Waals surface area contributed by atoms with Gasteiger partial charge >= 0.3 is 0 Å². The molecular weight excluding hydrogens is 276 g/mol. The Bertz CT molecular complexity index is 668. The number of aryl methyl sites for hydroxylation is 1. The van der Waals surface area contributed by atoms with Crippen LogP contribution in [-0.2, 0) is 6.54 Å². The molecule has 22 heavy (non-hydrogen) atoms. The van der Waals surface area contributed by atoms with E-state index in [1.165, 1.54) is 5.56 Å². The Hall–Kier alpha value is -2.43. The number of hydrogen-bond donors (Lipinski definition) is 1. The standard InChI is InChI=1S/C17H20N4O/c1-12-10-15(16(22)19-14-8-9-14)20-17(18-12)21(2)11-13-6-4-3-5-7-13/h3-7,10,14H,8-9,11H2,1-2H3,(H,19,22). The molecule has 3 rings (SSSR count). The molecule has 1 amide bonds. The van der Waals surface area contributed by atoms with E-state index < -0.39 is 0 Å². The molecule has 0 bridgehead atoms. The first kappa shape index (κ1) is 14.5. The van der Waals surface area contributed by atoms with Gasteiger partial charge in [-0.05, 0) is 31.4 Å². The molecule has 0 spiro atoms. The van der Waals surface area contributed by atoms with E-state index in [0.717, 1.165) is 18.5 Å². The Kier molecular flexibility index (Phi) is 4.04. The highest BCUT2D eigenvalue weighted by Crippen LogP contribution is 2.19. The van der Waals surface area contributed by atoms with E-state index >= 15 is 0 Å². The predicted molar refractivity (Wildman–Crippen MR) is 85.8 cm³/mol. The van der Waals surface area contributed by atoms with Crippen molar-refractivity contribution in [2.45, 2.75) is 32.4 Å². The Morgan fingerprint density at radius 2 is 2.00 bits per heavy atom. The van der Waals surface area contributed by atoms with Crippen molar-refractivity contribution in [3.8, 4) is 0 Å². The molecule has 1 aromatic heterocycles. The number of anilines is 1. The lowest BCUT2D eigenvalue weighted by atomic mass is 10.2. The smallest absolute Gasteiger partial charge is 0.270 e. The van der Waals surface area contributed by atoms with E-state index in [1.807, 2.05) is 37.1 Å². The van der Waals surface area contributed by atoms with Crippen molar-refractivity contribution in [3.63, 3.8) is 0 Å². The zero-order chi connectivity index (χ0) is 15.5. The number of aromatic nitrogens is 2. The second-order valence-corrected chi connectivity index (χ2v) is 5.78. The Morgan fingerprint density at radius 1 is 1.27 bits per heavy atom. The summed E-state index contributed by atoms with van der Waals surface area (Å²) >= 11 is 0. The van der Waals surface area contributed by atoms with Crippen molar-refractivity contribution in [2.75, 3.05) is 11.9 Å². The summed E-state index contributed by atoms with van der Waals surface area (Å²) in [5.41, 5.74) is 2.42. The molecule has 1 saturated carbocycles. The number of carbonyl (C=O) groups is 1. The van der Waals surface area contributed by atoms with Gasteiger partial charge in [0, 0.05) is 25.3 Å². The molecule has 1 N–H and O–H groups in total. The summed E-state index contributed by atoms with van der Waals surface area (Å²) in [6.07, 6.45) is 2.13. The summed E-state index contributed by atoms with van der Waals surface area (Å²) in [7, 11) is 1.93. The van der Waals surface area contributed by atoms with Crippen LogP contribution in [0.5, 0.6) is 0 Å². The fourth-order valence-corrected chi connectivity index (χ4v) is 2.25. The van der Waals surface area contributed by atoms with Crippen LogP contribution >= 0.6 is 0 Å². The summed E-state index contributed by atoms with van der Waals surface area (Å²) in [6.45, 7) is 2.59. The van der Waals surface area contributed by atoms with Gasteiger partial charge in [-0.2, -0.15) is 0 Å². The first-order valence-electron chi connectivity index (χ1n) is 7.53. The summed E-state index contributed by atoms with van der Waals surface area (Å²) in [5.74, 6) is 0.465. The fourth-order valence-electron chi connectivity index (χ4n) is 2.25. The molecule has 0 radical (unpaired) electrons. The van der Waals surface area contributed by atoms with E-state index in [2.05, 4.69) is 27.4 Å². The molecule has 2 aromatic rings. The Balaban J connectivity index is 1.77. The number of amides is 1. The summed E-state index contributed by atoms with van der Waals surface area (Å²) in [4.78, 5) is 23.0. The largest absolute Gasteiger partial charge is 0.348 e. The van der Waals surface area contributed by atoms with E-state index in [1.54, 1.807) is 6.07 Å². The molecular formula is C17H20N4O. The number of nitrogens with one attached hydrogen (secondary N) is 1. The summed E-state index contributed by atoms with van der Waals surface area (Å²) in [6, 6.07) is 12.2. The van der Waals surface area contributed by atoms with E-state index in [0.29, 0.717) is 24.2 Å². The van der Waals surface area contributed by atoms with Crippen molar-refractivity contribution < 1.29 is 4.79 Å². The van der Waals surface area contributed by atoms with Crippen molar-refractivity contribution in [3.05, 3.63) is 53.3 Å². The molecule has 0 unspecified atom stereocenters. The normalized spacial score (nSPS) is 13.7. The molecule has 5 nitrogen and oxygen atoms in total. The van der Waals surface area contributed by atoms with Gasteiger partial charge in [-0.25, -0.2) is 9.97 Å². The van der Waals surface area contributed by atoms with Crippen LogP contribution in [0.4, 0.5) is 5.95 Å². The maximum atomic E-state index is 12.2. The number of nitrogens with zero attached hydrogens (tertiary/aromatic N) is 3. The average Bonchev–Trinajstić information content (AvgIpc) is 3.31. The molecule has 1 fully saturated rings. The van der Waals surface area contributed by atoms with Crippen molar-refractivity contribution in [1.82, 2.24) is 15.3 Å². The van der Waals surface area contributed by atoms with Gasteiger partial charge in [-0.15, -0.1) is 0 Å². The fraction of sp³-hybridized carbons (Fsp3) is 0.353. The lowest BCUT2D eigenvalue weighted by Gasteiger charge is -2.18. The van der Waals surface area contributed by atoms with Crippen LogP contribution in [0.25, 0.3) is 0 Å². The molecule has 1 aromatic carbocycles. The van der Waals surface area contributed by atoms with Crippen molar-refractivity contribution >= 4 is 11.9 Å². The van der Waals surface area contributed by atoms with Gasteiger partial charge in [0.25, 0.3) is 5.91 Å². The number of carbonyl (C=O) groups excluding carboxylic acids is 1. The minimum Gasteiger partial charge on any atom is -0.348 e.